The average Bonchev–Trinajstić information content (AvgIpc) is 2.89. The first kappa shape index (κ1) is 26.6. The number of nitrogens with zero attached hydrogens (tertiary/aromatic N) is 2. The summed E-state index contributed by atoms with van der Waals surface area (Å²) in [6, 6.07) is 0. The number of hydrogen-bond donors (Lipinski definition) is 3. The molecule has 3 saturated heterocycles. The van der Waals surface area contributed by atoms with Gasteiger partial charge in [0.15, 0.2) is 0 Å². The van der Waals surface area contributed by atoms with Gasteiger partial charge >= 0.3 is 0 Å². The van der Waals surface area contributed by atoms with E-state index in [1.807, 2.05) is 0 Å². The quantitative estimate of drug-likeness (QED) is 0.481. The van der Waals surface area contributed by atoms with Crippen LogP contribution in [0.15, 0.2) is 11.6 Å². The molecule has 4 rings (SSSR count). The molecule has 0 radical (unpaired) electrons. The third-order valence-electron chi connectivity index (χ3n) is 9.12. The van der Waals surface area contributed by atoms with Crippen molar-refractivity contribution in [3.05, 3.63) is 11.6 Å². The van der Waals surface area contributed by atoms with E-state index in [0.29, 0.717) is 42.2 Å². The summed E-state index contributed by atoms with van der Waals surface area (Å²) in [4.78, 5) is 30.6. The van der Waals surface area contributed by atoms with Gasteiger partial charge in [-0.1, -0.05) is 25.5 Å². The van der Waals surface area contributed by atoms with E-state index in [2.05, 4.69) is 52.6 Å². The molecule has 3 N–H and O–H groups in total. The number of piperidine rings is 2. The van der Waals surface area contributed by atoms with Gasteiger partial charge in [0.1, 0.15) is 0 Å². The highest BCUT2D eigenvalue weighted by Crippen LogP contribution is 2.39. The van der Waals surface area contributed by atoms with E-state index in [1.54, 1.807) is 0 Å². The molecule has 4 aliphatic rings. The van der Waals surface area contributed by atoms with Gasteiger partial charge in [-0.25, -0.2) is 0 Å². The van der Waals surface area contributed by atoms with E-state index in [9.17, 15) is 9.59 Å². The summed E-state index contributed by atoms with van der Waals surface area (Å²) in [6.07, 6.45) is 10.3. The molecule has 7 nitrogen and oxygen atoms in total. The smallest absolute Gasteiger partial charge is 0.223 e. The molecule has 0 aromatic rings. The summed E-state index contributed by atoms with van der Waals surface area (Å²) in [5, 5.41) is 10.3. The van der Waals surface area contributed by atoms with Crippen LogP contribution in [0, 0.1) is 29.6 Å². The van der Waals surface area contributed by atoms with Crippen LogP contribution in [0.2, 0.25) is 0 Å². The van der Waals surface area contributed by atoms with Crippen LogP contribution in [-0.4, -0.2) is 80.1 Å². The molecule has 1 aliphatic carbocycles. The number of carbonyl (C=O) groups excluding carboxylic acids is 2. The molecule has 0 aromatic carbocycles. The SMILES string of the molecule is CC1=CC(CNC(=O)C2CCNCC2)C(C(C)C)CC1CC(=O)N1CCN(C2CCCCN2)CC1. The number of amides is 2. The second-order valence-corrected chi connectivity index (χ2v) is 11.8. The summed E-state index contributed by atoms with van der Waals surface area (Å²) < 4.78 is 0. The van der Waals surface area contributed by atoms with Crippen LogP contribution in [-0.2, 0) is 9.59 Å². The highest BCUT2D eigenvalue weighted by atomic mass is 16.2. The Morgan fingerprint density at radius 2 is 1.80 bits per heavy atom. The first-order valence-electron chi connectivity index (χ1n) is 14.3. The van der Waals surface area contributed by atoms with E-state index in [4.69, 9.17) is 0 Å². The highest BCUT2D eigenvalue weighted by molar-refractivity contribution is 5.79. The highest BCUT2D eigenvalue weighted by Gasteiger charge is 2.35. The average molecular weight is 488 g/mol. The van der Waals surface area contributed by atoms with Crippen LogP contribution >= 0.6 is 0 Å². The zero-order chi connectivity index (χ0) is 24.8. The fraction of sp³-hybridized carbons (Fsp3) is 0.857. The molecule has 0 saturated carbocycles. The van der Waals surface area contributed by atoms with Crippen molar-refractivity contribution >= 4 is 11.8 Å². The van der Waals surface area contributed by atoms with Crippen molar-refractivity contribution in [3.63, 3.8) is 0 Å². The minimum absolute atomic E-state index is 0.155. The van der Waals surface area contributed by atoms with Gasteiger partial charge in [-0.3, -0.25) is 14.5 Å². The summed E-state index contributed by atoms with van der Waals surface area (Å²) in [5.74, 6) is 2.41. The Balaban J connectivity index is 1.28. The van der Waals surface area contributed by atoms with E-state index < -0.39 is 0 Å². The van der Waals surface area contributed by atoms with Crippen LogP contribution < -0.4 is 16.0 Å². The Bertz CT molecular complexity index is 734. The molecule has 0 aromatic heterocycles. The second kappa shape index (κ2) is 12.7. The van der Waals surface area contributed by atoms with Gasteiger partial charge < -0.3 is 20.9 Å². The van der Waals surface area contributed by atoms with Gasteiger partial charge in [0.25, 0.3) is 0 Å². The molecule has 3 aliphatic heterocycles. The molecule has 0 spiro atoms. The van der Waals surface area contributed by atoms with Gasteiger partial charge in [-0.2, -0.15) is 0 Å². The molecule has 2 amide bonds. The Hall–Kier alpha value is -1.44. The maximum atomic E-state index is 13.2. The van der Waals surface area contributed by atoms with Gasteiger partial charge in [0.05, 0.1) is 6.17 Å². The van der Waals surface area contributed by atoms with Crippen molar-refractivity contribution < 1.29 is 9.59 Å². The second-order valence-electron chi connectivity index (χ2n) is 11.8. The van der Waals surface area contributed by atoms with Gasteiger partial charge in [-0.15, -0.1) is 0 Å². The molecule has 7 heteroatoms. The summed E-state index contributed by atoms with van der Waals surface area (Å²) in [7, 11) is 0. The molecule has 0 bridgehead atoms. The van der Waals surface area contributed by atoms with Gasteiger partial charge in [0, 0.05) is 45.1 Å². The summed E-state index contributed by atoms with van der Waals surface area (Å²) in [6.45, 7) is 14.2. The maximum Gasteiger partial charge on any atom is 0.223 e. The van der Waals surface area contributed by atoms with Crippen LogP contribution in [0.3, 0.4) is 0 Å². The van der Waals surface area contributed by atoms with E-state index in [0.717, 1.165) is 71.6 Å². The van der Waals surface area contributed by atoms with Crippen molar-refractivity contribution in [2.45, 2.75) is 71.9 Å². The van der Waals surface area contributed by atoms with E-state index >= 15 is 0 Å². The topological polar surface area (TPSA) is 76.7 Å². The zero-order valence-electron chi connectivity index (χ0n) is 22.4. The first-order chi connectivity index (χ1) is 16.9. The summed E-state index contributed by atoms with van der Waals surface area (Å²) in [5.41, 5.74) is 1.33. The normalized spacial score (nSPS) is 31.3. The lowest BCUT2D eigenvalue weighted by Gasteiger charge is -2.42. The largest absolute Gasteiger partial charge is 0.355 e. The van der Waals surface area contributed by atoms with Crippen molar-refractivity contribution in [1.82, 2.24) is 25.8 Å². The number of nitrogens with one attached hydrogen (secondary N) is 3. The Labute approximate surface area is 212 Å². The third kappa shape index (κ3) is 7.07. The van der Waals surface area contributed by atoms with Gasteiger partial charge in [-0.05, 0) is 88.8 Å². The number of rotatable bonds is 7. The Morgan fingerprint density at radius 1 is 1.06 bits per heavy atom. The molecule has 35 heavy (non-hydrogen) atoms. The van der Waals surface area contributed by atoms with Crippen molar-refractivity contribution in [2.75, 3.05) is 52.4 Å². The first-order valence-corrected chi connectivity index (χ1v) is 14.3. The van der Waals surface area contributed by atoms with Crippen LogP contribution in [0.25, 0.3) is 0 Å². The standard InChI is InChI=1S/C28H49N5O2/c1-20(2)25-17-23(21(3)16-24(25)19-31-28(35)22-7-10-29-11-8-22)18-27(34)33-14-12-32(13-15-33)26-6-4-5-9-30-26/h16,20,22-26,29-30H,4-15,17-19H2,1-3H3,(H,31,35). The zero-order valence-corrected chi connectivity index (χ0v) is 22.4. The van der Waals surface area contributed by atoms with E-state index in [-0.39, 0.29) is 11.8 Å². The minimum Gasteiger partial charge on any atom is -0.355 e. The monoisotopic (exact) mass is 487 g/mol. The predicted octanol–water partition coefficient (Wildman–Crippen LogP) is 2.59. The molecule has 3 heterocycles. The fourth-order valence-corrected chi connectivity index (χ4v) is 6.72. The lowest BCUT2D eigenvalue weighted by Crippen LogP contribution is -2.57. The van der Waals surface area contributed by atoms with Crippen LogP contribution in [0.4, 0.5) is 0 Å². The summed E-state index contributed by atoms with van der Waals surface area (Å²) >= 11 is 0. The molecule has 198 valence electrons. The lowest BCUT2D eigenvalue weighted by atomic mass is 9.69. The fourth-order valence-electron chi connectivity index (χ4n) is 6.72. The Kier molecular flexibility index (Phi) is 9.65. The lowest BCUT2D eigenvalue weighted by molar-refractivity contribution is -0.134. The van der Waals surface area contributed by atoms with Crippen molar-refractivity contribution in [2.24, 2.45) is 29.6 Å². The van der Waals surface area contributed by atoms with Crippen molar-refractivity contribution in [1.29, 1.82) is 0 Å². The number of carbonyl (C=O) groups is 2. The number of allylic oxidation sites excluding steroid dienone is 1. The van der Waals surface area contributed by atoms with Crippen LogP contribution in [0.5, 0.6) is 0 Å². The number of piperazine rings is 1. The molecule has 4 unspecified atom stereocenters. The van der Waals surface area contributed by atoms with Gasteiger partial charge in [0.2, 0.25) is 11.8 Å². The molecule has 3 fully saturated rings. The molecular formula is C28H49N5O2. The third-order valence-corrected chi connectivity index (χ3v) is 9.12. The number of hydrogen-bond acceptors (Lipinski definition) is 5. The predicted molar refractivity (Wildman–Crippen MR) is 141 cm³/mol. The van der Waals surface area contributed by atoms with Crippen molar-refractivity contribution in [3.8, 4) is 0 Å². The molecular weight excluding hydrogens is 438 g/mol. The minimum atomic E-state index is 0.155. The van der Waals surface area contributed by atoms with Crippen LogP contribution in [0.1, 0.15) is 65.7 Å². The molecule has 4 atom stereocenters. The van der Waals surface area contributed by atoms with E-state index in [1.165, 1.54) is 24.8 Å². The maximum absolute atomic E-state index is 13.2. The Morgan fingerprint density at radius 3 is 2.46 bits per heavy atom.